The molecule has 5 aromatic rings. The summed E-state index contributed by atoms with van der Waals surface area (Å²) in [5.41, 5.74) is 2.55. The summed E-state index contributed by atoms with van der Waals surface area (Å²) in [7, 11) is -4.73. The third-order valence-electron chi connectivity index (χ3n) is 15.8. The molecule has 5 aliphatic rings. The van der Waals surface area contributed by atoms with E-state index in [1.54, 1.807) is 19.1 Å². The second-order valence-electron chi connectivity index (χ2n) is 20.6. The molecule has 69 heavy (non-hydrogen) atoms. The van der Waals surface area contributed by atoms with E-state index in [4.69, 9.17) is 9.47 Å². The minimum absolute atomic E-state index is 0.00249. The number of aromatic nitrogens is 2. The average Bonchev–Trinajstić information content (AvgIpc) is 3.92. The fourth-order valence-electron chi connectivity index (χ4n) is 11.9. The van der Waals surface area contributed by atoms with Crippen molar-refractivity contribution in [1.29, 1.82) is 0 Å². The number of halogens is 1. The number of ether oxygens (including phenoxy) is 2. The van der Waals surface area contributed by atoms with Crippen molar-refractivity contribution in [1.82, 2.24) is 19.6 Å². The van der Waals surface area contributed by atoms with Gasteiger partial charge in [0.15, 0.2) is 11.4 Å². The van der Waals surface area contributed by atoms with Gasteiger partial charge < -0.3 is 34.9 Å². The van der Waals surface area contributed by atoms with Crippen LogP contribution in [0.25, 0.3) is 11.0 Å². The monoisotopic (exact) mass is 965 g/mol. The number of fused-ring (bicyclic) bond motifs is 2. The van der Waals surface area contributed by atoms with E-state index in [0.29, 0.717) is 43.3 Å². The molecule has 1 amide bonds. The summed E-state index contributed by atoms with van der Waals surface area (Å²) < 4.78 is 57.0. The number of aliphatic hydroxyl groups excluding tert-OH is 1. The molecule has 366 valence electrons. The molecule has 0 bridgehead atoms. The third kappa shape index (κ3) is 9.12. The molecule has 4 fully saturated rings. The fourth-order valence-corrected chi connectivity index (χ4v) is 12.9. The van der Waals surface area contributed by atoms with Gasteiger partial charge in [0.25, 0.3) is 21.6 Å². The van der Waals surface area contributed by atoms with Gasteiger partial charge in [0.1, 0.15) is 29.6 Å². The Bertz CT molecular complexity index is 2880. The lowest BCUT2D eigenvalue weighted by molar-refractivity contribution is -0.384. The highest BCUT2D eigenvalue weighted by Gasteiger charge is 2.52. The maximum Gasteiger partial charge on any atom is 0.297 e. The number of pyridine rings is 1. The molecule has 2 saturated heterocycles. The van der Waals surface area contributed by atoms with Crippen molar-refractivity contribution in [3.05, 3.63) is 106 Å². The molecule has 3 aliphatic heterocycles. The summed E-state index contributed by atoms with van der Waals surface area (Å²) in [6, 6.07) is 17.6. The van der Waals surface area contributed by atoms with E-state index < -0.39 is 42.9 Å². The number of nitro benzene ring substituents is 1. The maximum atomic E-state index is 14.7. The van der Waals surface area contributed by atoms with Crippen molar-refractivity contribution >= 4 is 44.0 Å². The third-order valence-corrected chi connectivity index (χ3v) is 17.1. The van der Waals surface area contributed by atoms with Gasteiger partial charge in [0, 0.05) is 61.3 Å². The van der Waals surface area contributed by atoms with Crippen LogP contribution in [0.1, 0.15) is 118 Å². The molecule has 5 heterocycles. The van der Waals surface area contributed by atoms with Crippen LogP contribution in [0.3, 0.4) is 0 Å². The molecule has 3 atom stereocenters. The summed E-state index contributed by atoms with van der Waals surface area (Å²) in [6.45, 7) is 8.00. The number of sulfonamides is 1. The number of hydrogen-bond donors (Lipinski definition) is 5. The second-order valence-corrected chi connectivity index (χ2v) is 22.3. The predicted molar refractivity (Wildman–Crippen MR) is 258 cm³/mol. The highest BCUT2D eigenvalue weighted by molar-refractivity contribution is 7.90. The second kappa shape index (κ2) is 18.2. The topological polar surface area (TPSA) is 212 Å². The average molecular weight is 966 g/mol. The number of benzene rings is 3. The first-order valence-corrected chi connectivity index (χ1v) is 25.7. The Balaban J connectivity index is 0.868. The van der Waals surface area contributed by atoms with Crippen molar-refractivity contribution < 1.29 is 42.2 Å². The molecule has 0 radical (unpaired) electrons. The molecule has 3 aromatic carbocycles. The SMILES string of the molecule is CC(C)c1ccccc1[C@@H]1CC[C@H](CO)N1C1CC2(CCN(c3ccc(C(=O)NS(=O)(=O)c4cc5c(c([N+](=O)[O-])c4)N[C@@H]([C@H]4CC[C@](C)(O)CC4)CO5)c(Oc4cnc5[nH]cc(F)c5c4)c3)CC2)C1. The summed E-state index contributed by atoms with van der Waals surface area (Å²) in [5, 5.41) is 36.7. The summed E-state index contributed by atoms with van der Waals surface area (Å²) in [6.07, 6.45) is 11.1. The van der Waals surface area contributed by atoms with Crippen LogP contribution in [0.15, 0.2) is 78.0 Å². The van der Waals surface area contributed by atoms with Crippen LogP contribution >= 0.6 is 0 Å². The van der Waals surface area contributed by atoms with Gasteiger partial charge in [-0.05, 0) is 118 Å². The van der Waals surface area contributed by atoms with Crippen LogP contribution in [0.4, 0.5) is 21.5 Å². The Kier molecular flexibility index (Phi) is 12.3. The van der Waals surface area contributed by atoms with Crippen LogP contribution in [0.2, 0.25) is 0 Å². The number of nitro groups is 1. The number of likely N-dealkylation sites (tertiary alicyclic amines) is 1. The van der Waals surface area contributed by atoms with Crippen molar-refractivity contribution in [2.24, 2.45) is 11.3 Å². The van der Waals surface area contributed by atoms with E-state index in [9.17, 15) is 37.9 Å². The molecular weight excluding hydrogens is 906 g/mol. The molecule has 2 aliphatic carbocycles. The summed E-state index contributed by atoms with van der Waals surface area (Å²) in [5.74, 6) is -1.05. The Morgan fingerprint density at radius 1 is 1.06 bits per heavy atom. The number of carbonyl (C=O) groups is 1. The number of anilines is 2. The van der Waals surface area contributed by atoms with Crippen molar-refractivity contribution in [2.75, 3.05) is 36.5 Å². The van der Waals surface area contributed by atoms with Gasteiger partial charge in [-0.2, -0.15) is 0 Å². The summed E-state index contributed by atoms with van der Waals surface area (Å²) >= 11 is 0. The Morgan fingerprint density at radius 2 is 1.81 bits per heavy atom. The highest BCUT2D eigenvalue weighted by atomic mass is 32.2. The van der Waals surface area contributed by atoms with Crippen molar-refractivity contribution in [3.63, 3.8) is 0 Å². The first-order valence-electron chi connectivity index (χ1n) is 24.2. The summed E-state index contributed by atoms with van der Waals surface area (Å²) in [4.78, 5) is 37.1. The number of piperidine rings is 1. The normalized spacial score (nSPS) is 24.9. The zero-order valence-corrected chi connectivity index (χ0v) is 39.9. The molecular formula is C51H60FN7O9S. The van der Waals surface area contributed by atoms with Gasteiger partial charge in [-0.3, -0.25) is 19.8 Å². The number of rotatable bonds is 12. The van der Waals surface area contributed by atoms with Gasteiger partial charge in [-0.1, -0.05) is 38.1 Å². The number of amides is 1. The maximum absolute atomic E-state index is 14.7. The standard InChI is InChI=1S/C51H60FN7O9S/c1-30(2)37-6-4-5-7-38(37)43-11-9-33(28-60)58(43)34-24-51(25-34)16-18-57(19-17-51)32-8-10-39(45(20-32)68-35-21-40-41(52)27-54-48(40)53-26-35)49(61)56-69(65,66)36-22-44(59(63)64)47-46(23-36)67-29-42(55-47)31-12-14-50(3,62)15-13-31/h4-8,10,20-23,26-27,30-31,33-34,42-43,55,60,62H,9,11-19,24-25,28-29H2,1-3H3,(H,53,54)(H,56,61)/t31-,33-,42-,43+,50-/m1/s1. The molecule has 2 saturated carbocycles. The van der Waals surface area contributed by atoms with Gasteiger partial charge in [-0.15, -0.1) is 0 Å². The number of H-pyrrole nitrogens is 1. The number of hydrogen-bond acceptors (Lipinski definition) is 13. The van der Waals surface area contributed by atoms with E-state index in [1.807, 2.05) is 0 Å². The molecule has 0 unspecified atom stereocenters. The molecule has 18 heteroatoms. The Morgan fingerprint density at radius 3 is 2.54 bits per heavy atom. The van der Waals surface area contributed by atoms with Crippen molar-refractivity contribution in [2.45, 2.75) is 126 Å². The van der Waals surface area contributed by atoms with Crippen LogP contribution in [-0.4, -0.2) is 94.4 Å². The van der Waals surface area contributed by atoms with Crippen LogP contribution in [0, 0.1) is 27.3 Å². The van der Waals surface area contributed by atoms with Gasteiger partial charge in [-0.25, -0.2) is 22.5 Å². The lowest BCUT2D eigenvalue weighted by Crippen LogP contribution is -2.57. The number of aliphatic hydroxyl groups is 2. The minimum atomic E-state index is -4.73. The zero-order chi connectivity index (χ0) is 48.4. The van der Waals surface area contributed by atoms with E-state index in [-0.39, 0.29) is 76.6 Å². The zero-order valence-electron chi connectivity index (χ0n) is 39.1. The Hall–Kier alpha value is -5.82. The van der Waals surface area contributed by atoms with Crippen LogP contribution in [0.5, 0.6) is 17.2 Å². The minimum Gasteiger partial charge on any atom is -0.489 e. The highest BCUT2D eigenvalue weighted by Crippen LogP contribution is 2.55. The largest absolute Gasteiger partial charge is 0.489 e. The molecule has 5 N–H and O–H groups in total. The van der Waals surface area contributed by atoms with E-state index >= 15 is 0 Å². The van der Waals surface area contributed by atoms with Crippen LogP contribution < -0.4 is 24.4 Å². The van der Waals surface area contributed by atoms with Crippen LogP contribution in [-0.2, 0) is 10.0 Å². The lowest BCUT2D eigenvalue weighted by atomic mass is 9.59. The first-order chi connectivity index (χ1) is 33.0. The van der Waals surface area contributed by atoms with E-state index in [0.717, 1.165) is 69.4 Å². The van der Waals surface area contributed by atoms with Gasteiger partial charge in [0.2, 0.25) is 0 Å². The molecule has 1 spiro atoms. The first kappa shape index (κ1) is 46.9. The smallest absolute Gasteiger partial charge is 0.297 e. The predicted octanol–water partition coefficient (Wildman–Crippen LogP) is 8.71. The van der Waals surface area contributed by atoms with Gasteiger partial charge >= 0.3 is 0 Å². The van der Waals surface area contributed by atoms with E-state index in [1.165, 1.54) is 35.7 Å². The molecule has 2 aromatic heterocycles. The lowest BCUT2D eigenvalue weighted by Gasteiger charge is -2.57. The Labute approximate surface area is 400 Å². The number of nitrogens with one attached hydrogen (secondary N) is 3. The number of aromatic amines is 1. The van der Waals surface area contributed by atoms with Crippen molar-refractivity contribution in [3.8, 4) is 17.2 Å². The number of nitrogens with zero attached hydrogens (tertiary/aromatic N) is 4. The van der Waals surface area contributed by atoms with Gasteiger partial charge in [0.05, 0.1) is 45.2 Å². The number of carbonyl (C=O) groups excluding carboxylic acids is 1. The quantitative estimate of drug-likeness (QED) is 0.0586. The molecule has 10 rings (SSSR count). The fraction of sp³-hybridized carbons (Fsp3) is 0.490. The van der Waals surface area contributed by atoms with E-state index in [2.05, 4.69) is 67.9 Å². The molecule has 16 nitrogen and oxygen atoms in total.